The number of hydrogen-bond donors (Lipinski definition) is 2. The number of anilines is 1. The molecule has 0 aliphatic carbocycles. The van der Waals surface area contributed by atoms with E-state index in [4.69, 9.17) is 0 Å². The molecule has 0 atom stereocenters. The first-order valence-corrected chi connectivity index (χ1v) is 11.2. The maximum atomic E-state index is 4.35. The standard InChI is InChI=1S/C21H38N8/c1-19-5-12-27(13-6-19)11-4-9-23-20(22-2)24-10-14-28-15-17-29(18-16-28)21-25-7-3-8-26-21/h3,7-8,19H,4-6,9-18H2,1-2H3,(H2,22,23,24). The molecular weight excluding hydrogens is 364 g/mol. The molecule has 2 saturated heterocycles. The van der Waals surface area contributed by atoms with Gasteiger partial charge in [-0.15, -0.1) is 0 Å². The van der Waals surface area contributed by atoms with Crippen molar-refractivity contribution in [1.29, 1.82) is 0 Å². The third kappa shape index (κ3) is 7.44. The van der Waals surface area contributed by atoms with Gasteiger partial charge in [0.15, 0.2) is 5.96 Å². The smallest absolute Gasteiger partial charge is 0.225 e. The van der Waals surface area contributed by atoms with Crippen LogP contribution in [0.15, 0.2) is 23.5 Å². The number of nitrogens with one attached hydrogen (secondary N) is 2. The van der Waals surface area contributed by atoms with Gasteiger partial charge in [0.2, 0.25) is 5.95 Å². The summed E-state index contributed by atoms with van der Waals surface area (Å²) >= 11 is 0. The summed E-state index contributed by atoms with van der Waals surface area (Å²) in [7, 11) is 1.85. The molecule has 1 aromatic heterocycles. The number of piperidine rings is 1. The van der Waals surface area contributed by atoms with E-state index < -0.39 is 0 Å². The van der Waals surface area contributed by atoms with Gasteiger partial charge < -0.3 is 20.4 Å². The van der Waals surface area contributed by atoms with Gasteiger partial charge >= 0.3 is 0 Å². The average molecular weight is 403 g/mol. The van der Waals surface area contributed by atoms with Crippen molar-refractivity contribution >= 4 is 11.9 Å². The molecule has 2 N–H and O–H groups in total. The Morgan fingerprint density at radius 3 is 2.31 bits per heavy atom. The Morgan fingerprint density at radius 1 is 0.966 bits per heavy atom. The van der Waals surface area contributed by atoms with Crippen molar-refractivity contribution in [2.75, 3.05) is 77.4 Å². The monoisotopic (exact) mass is 402 g/mol. The zero-order valence-electron chi connectivity index (χ0n) is 18.2. The minimum atomic E-state index is 0.842. The molecule has 2 aliphatic rings. The number of piperazine rings is 1. The van der Waals surface area contributed by atoms with Gasteiger partial charge in [0, 0.05) is 65.3 Å². The summed E-state index contributed by atoms with van der Waals surface area (Å²) in [6, 6.07) is 1.86. The number of aromatic nitrogens is 2. The summed E-state index contributed by atoms with van der Waals surface area (Å²) in [5.74, 6) is 2.66. The highest BCUT2D eigenvalue weighted by molar-refractivity contribution is 5.79. The number of rotatable bonds is 8. The van der Waals surface area contributed by atoms with Crippen LogP contribution in [0.25, 0.3) is 0 Å². The zero-order chi connectivity index (χ0) is 20.3. The Bertz CT molecular complexity index is 592. The van der Waals surface area contributed by atoms with E-state index in [-0.39, 0.29) is 0 Å². The van der Waals surface area contributed by atoms with Crippen LogP contribution in [0.5, 0.6) is 0 Å². The third-order valence-corrected chi connectivity index (χ3v) is 5.97. The Labute approximate surface area is 175 Å². The number of hydrogen-bond acceptors (Lipinski definition) is 6. The third-order valence-electron chi connectivity index (χ3n) is 5.97. The normalized spacial score (nSPS) is 20.1. The molecular formula is C21H38N8. The highest BCUT2D eigenvalue weighted by Crippen LogP contribution is 2.15. The molecule has 0 unspecified atom stereocenters. The first-order valence-electron chi connectivity index (χ1n) is 11.2. The molecule has 0 amide bonds. The first-order chi connectivity index (χ1) is 14.2. The van der Waals surface area contributed by atoms with Crippen LogP contribution < -0.4 is 15.5 Å². The fourth-order valence-electron chi connectivity index (χ4n) is 3.97. The molecule has 162 valence electrons. The number of aliphatic imine (C=N–C) groups is 1. The van der Waals surface area contributed by atoms with Gasteiger partial charge in [0.05, 0.1) is 0 Å². The minimum absolute atomic E-state index is 0.842. The van der Waals surface area contributed by atoms with Crippen LogP contribution in [-0.2, 0) is 0 Å². The van der Waals surface area contributed by atoms with E-state index in [1.807, 2.05) is 25.5 Å². The van der Waals surface area contributed by atoms with Gasteiger partial charge in [-0.3, -0.25) is 9.89 Å². The second kappa shape index (κ2) is 11.9. The lowest BCUT2D eigenvalue weighted by atomic mass is 9.99. The van der Waals surface area contributed by atoms with E-state index in [1.54, 1.807) is 0 Å². The SMILES string of the molecule is CN=C(NCCCN1CCC(C)CC1)NCCN1CCN(c2ncccn2)CC1. The highest BCUT2D eigenvalue weighted by atomic mass is 15.3. The van der Waals surface area contributed by atoms with Crippen molar-refractivity contribution in [3.8, 4) is 0 Å². The Hall–Kier alpha value is -1.93. The van der Waals surface area contributed by atoms with Crippen LogP contribution in [0.4, 0.5) is 5.95 Å². The molecule has 3 heterocycles. The average Bonchev–Trinajstić information content (AvgIpc) is 2.77. The molecule has 2 aliphatic heterocycles. The summed E-state index contributed by atoms with van der Waals surface area (Å²) in [5.41, 5.74) is 0. The van der Waals surface area contributed by atoms with Gasteiger partial charge in [-0.2, -0.15) is 0 Å². The van der Waals surface area contributed by atoms with Gasteiger partial charge in [0.1, 0.15) is 0 Å². The second-order valence-electron chi connectivity index (χ2n) is 8.18. The van der Waals surface area contributed by atoms with Crippen molar-refractivity contribution in [2.24, 2.45) is 10.9 Å². The molecule has 8 heteroatoms. The van der Waals surface area contributed by atoms with E-state index in [0.29, 0.717) is 0 Å². The quantitative estimate of drug-likeness (QED) is 0.380. The maximum Gasteiger partial charge on any atom is 0.225 e. The zero-order valence-corrected chi connectivity index (χ0v) is 18.2. The van der Waals surface area contributed by atoms with Crippen molar-refractivity contribution in [3.63, 3.8) is 0 Å². The molecule has 0 aromatic carbocycles. The number of guanidine groups is 1. The number of nitrogens with zero attached hydrogens (tertiary/aromatic N) is 6. The minimum Gasteiger partial charge on any atom is -0.356 e. The van der Waals surface area contributed by atoms with Crippen molar-refractivity contribution in [1.82, 2.24) is 30.4 Å². The van der Waals surface area contributed by atoms with E-state index in [9.17, 15) is 0 Å². The van der Waals surface area contributed by atoms with Crippen LogP contribution in [-0.4, -0.2) is 98.2 Å². The van der Waals surface area contributed by atoms with Gasteiger partial charge in [-0.05, 0) is 50.9 Å². The van der Waals surface area contributed by atoms with Gasteiger partial charge in [0.25, 0.3) is 0 Å². The molecule has 8 nitrogen and oxygen atoms in total. The fraction of sp³-hybridized carbons (Fsp3) is 0.762. The Morgan fingerprint density at radius 2 is 1.62 bits per heavy atom. The topological polar surface area (TPSA) is 71.9 Å². The highest BCUT2D eigenvalue weighted by Gasteiger charge is 2.18. The maximum absolute atomic E-state index is 4.35. The lowest BCUT2D eigenvalue weighted by Gasteiger charge is -2.34. The summed E-state index contributed by atoms with van der Waals surface area (Å²) in [5, 5.41) is 6.90. The van der Waals surface area contributed by atoms with Crippen LogP contribution in [0.2, 0.25) is 0 Å². The predicted molar refractivity (Wildman–Crippen MR) is 120 cm³/mol. The summed E-state index contributed by atoms with van der Waals surface area (Å²) in [6.07, 6.45) is 7.49. The van der Waals surface area contributed by atoms with E-state index in [0.717, 1.165) is 63.6 Å². The van der Waals surface area contributed by atoms with Gasteiger partial charge in [-0.1, -0.05) is 6.92 Å². The second-order valence-corrected chi connectivity index (χ2v) is 8.18. The molecule has 0 radical (unpaired) electrons. The van der Waals surface area contributed by atoms with Crippen molar-refractivity contribution in [3.05, 3.63) is 18.5 Å². The van der Waals surface area contributed by atoms with Crippen molar-refractivity contribution < 1.29 is 0 Å². The summed E-state index contributed by atoms with van der Waals surface area (Å²) < 4.78 is 0. The molecule has 29 heavy (non-hydrogen) atoms. The van der Waals surface area contributed by atoms with E-state index in [2.05, 4.69) is 47.2 Å². The lowest BCUT2D eigenvalue weighted by Crippen LogP contribution is -2.49. The summed E-state index contributed by atoms with van der Waals surface area (Å²) in [4.78, 5) is 20.4. The molecule has 2 fully saturated rings. The fourth-order valence-corrected chi connectivity index (χ4v) is 3.97. The molecule has 1 aromatic rings. The first kappa shape index (κ1) is 21.8. The van der Waals surface area contributed by atoms with E-state index in [1.165, 1.54) is 38.9 Å². The lowest BCUT2D eigenvalue weighted by molar-refractivity contribution is 0.191. The molecule has 0 bridgehead atoms. The molecule has 3 rings (SSSR count). The molecule has 0 spiro atoms. The number of likely N-dealkylation sites (tertiary alicyclic amines) is 1. The van der Waals surface area contributed by atoms with Gasteiger partial charge in [-0.25, -0.2) is 9.97 Å². The van der Waals surface area contributed by atoms with Crippen LogP contribution >= 0.6 is 0 Å². The van der Waals surface area contributed by atoms with Crippen LogP contribution in [0, 0.1) is 5.92 Å². The Kier molecular flexibility index (Phi) is 8.95. The Balaban J connectivity index is 1.24. The van der Waals surface area contributed by atoms with Crippen molar-refractivity contribution in [2.45, 2.75) is 26.2 Å². The van der Waals surface area contributed by atoms with Crippen LogP contribution in [0.3, 0.4) is 0 Å². The predicted octanol–water partition coefficient (Wildman–Crippen LogP) is 0.886. The summed E-state index contributed by atoms with van der Waals surface area (Å²) in [6.45, 7) is 13.0. The largest absolute Gasteiger partial charge is 0.356 e. The molecule has 0 saturated carbocycles. The van der Waals surface area contributed by atoms with E-state index >= 15 is 0 Å². The van der Waals surface area contributed by atoms with Crippen LogP contribution in [0.1, 0.15) is 26.2 Å².